The number of rotatable bonds is 6. The number of amides is 1. The summed E-state index contributed by atoms with van der Waals surface area (Å²) >= 11 is 1.45. The van der Waals surface area contributed by atoms with Gasteiger partial charge in [-0.1, -0.05) is 29.4 Å². The molecular weight excluding hydrogens is 402 g/mol. The van der Waals surface area contributed by atoms with Crippen LogP contribution in [0.3, 0.4) is 0 Å². The summed E-state index contributed by atoms with van der Waals surface area (Å²) in [5.74, 6) is 1.81. The van der Waals surface area contributed by atoms with Crippen molar-refractivity contribution in [3.05, 3.63) is 82.0 Å². The van der Waals surface area contributed by atoms with Gasteiger partial charge in [-0.2, -0.15) is 4.98 Å². The topological polar surface area (TPSA) is 105 Å². The molecule has 0 spiro atoms. The molecule has 0 fully saturated rings. The minimum Gasteiger partial charge on any atom is -0.338 e. The summed E-state index contributed by atoms with van der Waals surface area (Å²) in [6.45, 7) is 1.94. The number of H-pyrrole nitrogens is 1. The molecule has 2 heterocycles. The monoisotopic (exact) mass is 421 g/mol. The average Bonchev–Trinajstić information content (AvgIpc) is 3.17. The lowest BCUT2D eigenvalue weighted by atomic mass is 10.2. The molecule has 0 aliphatic carbocycles. The highest BCUT2D eigenvalue weighted by molar-refractivity contribution is 7.98. The number of nitrogens with one attached hydrogen (secondary N) is 1. The Balaban J connectivity index is 1.52. The highest BCUT2D eigenvalue weighted by Crippen LogP contribution is 2.27. The molecule has 1 amide bonds. The van der Waals surface area contributed by atoms with Crippen molar-refractivity contribution < 1.29 is 9.32 Å². The molecule has 30 heavy (non-hydrogen) atoms. The fourth-order valence-electron chi connectivity index (χ4n) is 3.02. The lowest BCUT2D eigenvalue weighted by Gasteiger charge is -2.18. The van der Waals surface area contributed by atoms with Crippen LogP contribution in [0, 0.1) is 6.92 Å². The minimum absolute atomic E-state index is 0.171. The van der Waals surface area contributed by atoms with E-state index in [1.807, 2.05) is 24.3 Å². The number of aromatic nitrogens is 4. The molecular formula is C21H19N5O3S. The second-order valence-electron chi connectivity index (χ2n) is 6.71. The van der Waals surface area contributed by atoms with Gasteiger partial charge in [0.1, 0.15) is 5.82 Å². The number of para-hydroxylation sites is 1. The molecule has 152 valence electrons. The van der Waals surface area contributed by atoms with Crippen LogP contribution in [0.5, 0.6) is 0 Å². The summed E-state index contributed by atoms with van der Waals surface area (Å²) in [6.07, 6.45) is 0. The van der Waals surface area contributed by atoms with Crippen LogP contribution >= 0.6 is 11.8 Å². The molecule has 0 aliphatic rings. The molecule has 0 aliphatic heterocycles. The Morgan fingerprint density at radius 1 is 1.13 bits per heavy atom. The molecule has 0 bridgehead atoms. The SMILES string of the molecule is Cc1noc(CSc2ccccc2C(=O)N(C)Cc2nc3ccccc3c(=O)[nH]2)n1. The second kappa shape index (κ2) is 8.50. The summed E-state index contributed by atoms with van der Waals surface area (Å²) in [5.41, 5.74) is 0.939. The number of nitrogens with zero attached hydrogens (tertiary/aromatic N) is 4. The van der Waals surface area contributed by atoms with Crippen molar-refractivity contribution in [1.29, 1.82) is 0 Å². The first kappa shape index (κ1) is 19.8. The summed E-state index contributed by atoms with van der Waals surface area (Å²) < 4.78 is 5.14. The summed E-state index contributed by atoms with van der Waals surface area (Å²) in [6, 6.07) is 14.5. The average molecular weight is 421 g/mol. The Morgan fingerprint density at radius 3 is 2.70 bits per heavy atom. The number of hydrogen-bond acceptors (Lipinski definition) is 7. The lowest BCUT2D eigenvalue weighted by molar-refractivity contribution is 0.0778. The maximum atomic E-state index is 13.1. The number of carbonyl (C=O) groups excluding carboxylic acids is 1. The van der Waals surface area contributed by atoms with Gasteiger partial charge in [0.25, 0.3) is 11.5 Å². The van der Waals surface area contributed by atoms with E-state index in [4.69, 9.17) is 4.52 Å². The largest absolute Gasteiger partial charge is 0.338 e. The van der Waals surface area contributed by atoms with Crippen LogP contribution in [0.15, 0.2) is 62.7 Å². The van der Waals surface area contributed by atoms with Gasteiger partial charge in [0.05, 0.1) is 28.8 Å². The molecule has 0 saturated heterocycles. The Labute approximate surface area is 176 Å². The molecule has 0 saturated carbocycles. The van der Waals surface area contributed by atoms with Crippen molar-refractivity contribution >= 4 is 28.6 Å². The Kier molecular flexibility index (Phi) is 5.62. The molecule has 0 atom stereocenters. The van der Waals surface area contributed by atoms with Crippen molar-refractivity contribution in [1.82, 2.24) is 25.0 Å². The summed E-state index contributed by atoms with van der Waals surface area (Å²) in [7, 11) is 1.68. The van der Waals surface area contributed by atoms with E-state index in [1.54, 1.807) is 38.2 Å². The number of fused-ring (bicyclic) bond motifs is 1. The third-order valence-electron chi connectivity index (χ3n) is 4.43. The van der Waals surface area contributed by atoms with Gasteiger partial charge in [-0.25, -0.2) is 4.98 Å². The number of hydrogen-bond donors (Lipinski definition) is 1. The van der Waals surface area contributed by atoms with E-state index < -0.39 is 0 Å². The van der Waals surface area contributed by atoms with Gasteiger partial charge in [-0.05, 0) is 31.2 Å². The number of thioether (sulfide) groups is 1. The Hall–Kier alpha value is -3.46. The van der Waals surface area contributed by atoms with Crippen molar-refractivity contribution in [3.63, 3.8) is 0 Å². The van der Waals surface area contributed by atoms with Gasteiger partial charge in [0, 0.05) is 11.9 Å². The molecule has 4 rings (SSSR count). The quantitative estimate of drug-likeness (QED) is 0.477. The van der Waals surface area contributed by atoms with Crippen LogP contribution in [0.4, 0.5) is 0 Å². The number of aryl methyl sites for hydroxylation is 1. The molecule has 1 N–H and O–H groups in total. The molecule has 8 nitrogen and oxygen atoms in total. The predicted octanol–water partition coefficient (Wildman–Crippen LogP) is 3.18. The maximum Gasteiger partial charge on any atom is 0.258 e. The zero-order valence-corrected chi connectivity index (χ0v) is 17.3. The van der Waals surface area contributed by atoms with E-state index in [0.717, 1.165) is 4.90 Å². The fraction of sp³-hybridized carbons (Fsp3) is 0.190. The van der Waals surface area contributed by atoms with Crippen LogP contribution < -0.4 is 5.56 Å². The molecule has 0 radical (unpaired) electrons. The number of benzene rings is 2. The highest BCUT2D eigenvalue weighted by atomic mass is 32.2. The number of carbonyl (C=O) groups is 1. The molecule has 9 heteroatoms. The van der Waals surface area contributed by atoms with E-state index in [-0.39, 0.29) is 18.0 Å². The van der Waals surface area contributed by atoms with Crippen molar-refractivity contribution in [2.45, 2.75) is 24.1 Å². The highest BCUT2D eigenvalue weighted by Gasteiger charge is 2.18. The second-order valence-corrected chi connectivity index (χ2v) is 7.73. The minimum atomic E-state index is -0.220. The Morgan fingerprint density at radius 2 is 1.90 bits per heavy atom. The maximum absolute atomic E-state index is 13.1. The number of aromatic amines is 1. The van der Waals surface area contributed by atoms with Gasteiger partial charge in [0.15, 0.2) is 5.82 Å². The molecule has 4 aromatic rings. The van der Waals surface area contributed by atoms with Gasteiger partial charge < -0.3 is 14.4 Å². The van der Waals surface area contributed by atoms with Crippen LogP contribution in [-0.2, 0) is 12.3 Å². The van der Waals surface area contributed by atoms with Gasteiger partial charge in [-0.3, -0.25) is 9.59 Å². The third kappa shape index (κ3) is 4.25. The van der Waals surface area contributed by atoms with Gasteiger partial charge in [0.2, 0.25) is 5.89 Å². The molecule has 0 unspecified atom stereocenters. The fourth-order valence-corrected chi connectivity index (χ4v) is 3.90. The normalized spacial score (nSPS) is 11.0. The predicted molar refractivity (Wildman–Crippen MR) is 113 cm³/mol. The van der Waals surface area contributed by atoms with Crippen LogP contribution in [0.25, 0.3) is 10.9 Å². The summed E-state index contributed by atoms with van der Waals surface area (Å²) in [5, 5.41) is 4.30. The summed E-state index contributed by atoms with van der Waals surface area (Å²) in [4.78, 5) is 39.1. The first-order valence-corrected chi connectivity index (χ1v) is 10.2. The first-order chi connectivity index (χ1) is 14.5. The van der Waals surface area contributed by atoms with Crippen molar-refractivity contribution in [3.8, 4) is 0 Å². The van der Waals surface area contributed by atoms with Crippen LogP contribution in [0.2, 0.25) is 0 Å². The zero-order chi connectivity index (χ0) is 21.1. The van der Waals surface area contributed by atoms with Crippen molar-refractivity contribution in [2.24, 2.45) is 0 Å². The molecule has 2 aromatic carbocycles. The van der Waals surface area contributed by atoms with Gasteiger partial charge >= 0.3 is 0 Å². The van der Waals surface area contributed by atoms with E-state index >= 15 is 0 Å². The molecule has 2 aromatic heterocycles. The van der Waals surface area contributed by atoms with Crippen molar-refractivity contribution in [2.75, 3.05) is 7.05 Å². The van der Waals surface area contributed by atoms with E-state index in [9.17, 15) is 9.59 Å². The first-order valence-electron chi connectivity index (χ1n) is 9.25. The standard InChI is InChI=1S/C21H19N5O3S/c1-13-22-19(29-25-13)12-30-17-10-6-4-8-15(17)21(28)26(2)11-18-23-16-9-5-3-7-14(16)20(27)24-18/h3-10H,11-12H2,1-2H3,(H,23,24,27). The van der Waals surface area contributed by atoms with Gasteiger partial charge in [-0.15, -0.1) is 11.8 Å². The van der Waals surface area contributed by atoms with E-state index in [1.165, 1.54) is 16.7 Å². The smallest absolute Gasteiger partial charge is 0.258 e. The zero-order valence-electron chi connectivity index (χ0n) is 16.5. The lowest BCUT2D eigenvalue weighted by Crippen LogP contribution is -2.28. The third-order valence-corrected chi connectivity index (χ3v) is 5.49. The van der Waals surface area contributed by atoms with E-state index in [0.29, 0.717) is 39.8 Å². The van der Waals surface area contributed by atoms with Crippen LogP contribution in [-0.4, -0.2) is 38.0 Å². The van der Waals surface area contributed by atoms with Crippen LogP contribution in [0.1, 0.15) is 27.9 Å². The van der Waals surface area contributed by atoms with E-state index in [2.05, 4.69) is 20.1 Å². The Bertz CT molecular complexity index is 1270.